The molecule has 0 spiro atoms. The third-order valence-corrected chi connectivity index (χ3v) is 4.25. The Morgan fingerprint density at radius 1 is 1.40 bits per heavy atom. The van der Waals surface area contributed by atoms with Crippen LogP contribution in [0.25, 0.3) is 5.69 Å². The quantitative estimate of drug-likeness (QED) is 0.679. The second-order valence-corrected chi connectivity index (χ2v) is 6.10. The van der Waals surface area contributed by atoms with E-state index < -0.39 is 6.04 Å². The Morgan fingerprint density at radius 3 is 2.92 bits per heavy atom. The van der Waals surface area contributed by atoms with Gasteiger partial charge in [0, 0.05) is 12.6 Å². The zero-order valence-corrected chi connectivity index (χ0v) is 15.2. The number of methoxy groups -OCH3 is 1. The average molecular weight is 363 g/mol. The number of carbonyl (C=O) groups excluding carboxylic acids is 2. The van der Waals surface area contributed by atoms with Gasteiger partial charge in [-0.05, 0) is 26.0 Å². The average Bonchev–Trinajstić information content (AvgIpc) is 3.08. The molecule has 1 aromatic heterocycles. The molecule has 0 unspecified atom stereocenters. The number of amides is 2. The van der Waals surface area contributed by atoms with Crippen molar-refractivity contribution in [3.63, 3.8) is 0 Å². The number of nitrogens with zero attached hydrogens (tertiary/aromatic N) is 3. The van der Waals surface area contributed by atoms with Crippen LogP contribution in [0, 0.1) is 0 Å². The molecule has 2 rings (SSSR count). The molecule has 0 saturated heterocycles. The molecule has 134 valence electrons. The molecule has 0 radical (unpaired) electrons. The van der Waals surface area contributed by atoms with Crippen molar-refractivity contribution in [3.05, 3.63) is 30.6 Å². The second-order valence-electron chi connectivity index (χ2n) is 5.16. The lowest BCUT2D eigenvalue weighted by molar-refractivity contribution is -0.127. The van der Waals surface area contributed by atoms with Gasteiger partial charge in [-0.15, -0.1) is 10.2 Å². The fourth-order valence-electron chi connectivity index (χ4n) is 2.07. The van der Waals surface area contributed by atoms with Gasteiger partial charge >= 0.3 is 0 Å². The number of hydrogen-bond donors (Lipinski definition) is 2. The molecule has 9 heteroatoms. The highest BCUT2D eigenvalue weighted by atomic mass is 32.2. The third kappa shape index (κ3) is 5.21. The Bertz CT molecular complexity index is 734. The molecule has 1 atom stereocenters. The fraction of sp³-hybridized carbons (Fsp3) is 0.375. The normalized spacial score (nSPS) is 11.6. The molecule has 0 aliphatic carbocycles. The van der Waals surface area contributed by atoms with E-state index in [0.29, 0.717) is 11.7 Å². The van der Waals surface area contributed by atoms with Crippen LogP contribution >= 0.6 is 11.8 Å². The van der Waals surface area contributed by atoms with Gasteiger partial charge in [0.05, 0.1) is 18.6 Å². The monoisotopic (exact) mass is 363 g/mol. The minimum Gasteiger partial charge on any atom is -0.497 e. The molecular weight excluding hydrogens is 342 g/mol. The van der Waals surface area contributed by atoms with Crippen LogP contribution in [0.2, 0.25) is 0 Å². The minimum absolute atomic E-state index is 0.131. The Morgan fingerprint density at radius 2 is 2.20 bits per heavy atom. The summed E-state index contributed by atoms with van der Waals surface area (Å²) in [6.45, 7) is 4.00. The molecule has 0 bridgehead atoms. The first-order valence-corrected chi connectivity index (χ1v) is 8.78. The Balaban J connectivity index is 1.97. The molecule has 1 aromatic carbocycles. The summed E-state index contributed by atoms with van der Waals surface area (Å²) >= 11 is 1.24. The molecule has 8 nitrogen and oxygen atoms in total. The molecule has 0 aliphatic rings. The van der Waals surface area contributed by atoms with E-state index >= 15 is 0 Å². The number of nitrogens with one attached hydrogen (secondary N) is 2. The number of ether oxygens (including phenoxy) is 1. The van der Waals surface area contributed by atoms with Crippen LogP contribution in [0.1, 0.15) is 13.8 Å². The number of aromatic nitrogens is 3. The highest BCUT2D eigenvalue weighted by molar-refractivity contribution is 7.99. The Hall–Kier alpha value is -2.55. The summed E-state index contributed by atoms with van der Waals surface area (Å²) in [6.07, 6.45) is 1.58. The summed E-state index contributed by atoms with van der Waals surface area (Å²) in [7, 11) is 1.60. The maximum absolute atomic E-state index is 12.0. The first-order valence-electron chi connectivity index (χ1n) is 7.79. The predicted molar refractivity (Wildman–Crippen MR) is 94.9 cm³/mol. The van der Waals surface area contributed by atoms with E-state index in [0.717, 1.165) is 11.4 Å². The molecule has 25 heavy (non-hydrogen) atoms. The smallest absolute Gasteiger partial charge is 0.242 e. The van der Waals surface area contributed by atoms with Gasteiger partial charge in [-0.25, -0.2) is 0 Å². The van der Waals surface area contributed by atoms with Gasteiger partial charge in [-0.3, -0.25) is 14.2 Å². The van der Waals surface area contributed by atoms with E-state index in [1.165, 1.54) is 11.8 Å². The van der Waals surface area contributed by atoms with Crippen molar-refractivity contribution in [2.45, 2.75) is 25.0 Å². The predicted octanol–water partition coefficient (Wildman–Crippen LogP) is 1.01. The summed E-state index contributed by atoms with van der Waals surface area (Å²) in [6, 6.07) is 6.88. The minimum atomic E-state index is -0.579. The van der Waals surface area contributed by atoms with E-state index in [2.05, 4.69) is 20.8 Å². The van der Waals surface area contributed by atoms with Crippen molar-refractivity contribution >= 4 is 23.6 Å². The third-order valence-electron chi connectivity index (χ3n) is 3.30. The van der Waals surface area contributed by atoms with Crippen molar-refractivity contribution in [2.24, 2.45) is 0 Å². The van der Waals surface area contributed by atoms with Crippen LogP contribution in [0.5, 0.6) is 5.75 Å². The van der Waals surface area contributed by atoms with Crippen LogP contribution in [0.3, 0.4) is 0 Å². The number of benzene rings is 1. The standard InChI is InChI=1S/C16H21N5O3S/c1-4-17-15(23)11(2)19-14(22)9-25-16-20-18-10-21(16)12-6-5-7-13(8-12)24-3/h5-8,10-11H,4,9H2,1-3H3,(H,17,23)(H,19,22)/t11-/m0/s1. The van der Waals surface area contributed by atoms with Gasteiger partial charge in [-0.1, -0.05) is 17.8 Å². The number of thioether (sulfide) groups is 1. The molecular formula is C16H21N5O3S. The van der Waals surface area contributed by atoms with Gasteiger partial charge in [0.15, 0.2) is 5.16 Å². The highest BCUT2D eigenvalue weighted by Gasteiger charge is 2.16. The van der Waals surface area contributed by atoms with E-state index in [-0.39, 0.29) is 17.6 Å². The number of hydrogen-bond acceptors (Lipinski definition) is 6. The van der Waals surface area contributed by atoms with Gasteiger partial charge < -0.3 is 15.4 Å². The molecule has 2 amide bonds. The van der Waals surface area contributed by atoms with Crippen LogP contribution in [0.4, 0.5) is 0 Å². The van der Waals surface area contributed by atoms with E-state index in [9.17, 15) is 9.59 Å². The van der Waals surface area contributed by atoms with Crippen molar-refractivity contribution in [2.75, 3.05) is 19.4 Å². The zero-order chi connectivity index (χ0) is 18.2. The Kier molecular flexibility index (Phi) is 6.81. The maximum Gasteiger partial charge on any atom is 0.242 e. The summed E-state index contributed by atoms with van der Waals surface area (Å²) in [4.78, 5) is 23.7. The van der Waals surface area contributed by atoms with Crippen molar-refractivity contribution in [3.8, 4) is 11.4 Å². The molecule has 1 heterocycles. The summed E-state index contributed by atoms with van der Waals surface area (Å²) in [5, 5.41) is 13.8. The van der Waals surface area contributed by atoms with Gasteiger partial charge in [0.25, 0.3) is 0 Å². The van der Waals surface area contributed by atoms with Crippen LogP contribution in [0.15, 0.2) is 35.7 Å². The lowest BCUT2D eigenvalue weighted by atomic mass is 10.3. The lowest BCUT2D eigenvalue weighted by Crippen LogP contribution is -2.45. The van der Waals surface area contributed by atoms with Crippen LogP contribution in [-0.2, 0) is 9.59 Å². The fourth-order valence-corrected chi connectivity index (χ4v) is 2.81. The SMILES string of the molecule is CCNC(=O)[C@H](C)NC(=O)CSc1nncn1-c1cccc(OC)c1. The topological polar surface area (TPSA) is 98.1 Å². The largest absolute Gasteiger partial charge is 0.497 e. The van der Waals surface area contributed by atoms with Gasteiger partial charge in [-0.2, -0.15) is 0 Å². The lowest BCUT2D eigenvalue weighted by Gasteiger charge is -2.13. The molecule has 2 aromatic rings. The first-order chi connectivity index (χ1) is 12.0. The number of carbonyl (C=O) groups is 2. The summed E-state index contributed by atoms with van der Waals surface area (Å²) in [5.41, 5.74) is 0.836. The van der Waals surface area contributed by atoms with Crippen LogP contribution < -0.4 is 15.4 Å². The van der Waals surface area contributed by atoms with E-state index in [4.69, 9.17) is 4.74 Å². The highest BCUT2D eigenvalue weighted by Crippen LogP contribution is 2.22. The molecule has 2 N–H and O–H groups in total. The summed E-state index contributed by atoms with van der Waals surface area (Å²) < 4.78 is 6.99. The number of rotatable bonds is 8. The van der Waals surface area contributed by atoms with Gasteiger partial charge in [0.2, 0.25) is 11.8 Å². The van der Waals surface area contributed by atoms with Crippen molar-refractivity contribution < 1.29 is 14.3 Å². The van der Waals surface area contributed by atoms with E-state index in [1.54, 1.807) is 24.9 Å². The second kappa shape index (κ2) is 9.07. The van der Waals surface area contributed by atoms with Crippen LogP contribution in [-0.4, -0.2) is 52.0 Å². The Labute approximate surface area is 150 Å². The van der Waals surface area contributed by atoms with Crippen molar-refractivity contribution in [1.82, 2.24) is 25.4 Å². The summed E-state index contributed by atoms with van der Waals surface area (Å²) in [5.74, 6) is 0.395. The van der Waals surface area contributed by atoms with E-state index in [1.807, 2.05) is 31.2 Å². The van der Waals surface area contributed by atoms with Crippen molar-refractivity contribution in [1.29, 1.82) is 0 Å². The first kappa shape index (κ1) is 18.8. The molecule has 0 fully saturated rings. The zero-order valence-electron chi connectivity index (χ0n) is 14.4. The maximum atomic E-state index is 12.0. The molecule has 0 aliphatic heterocycles. The van der Waals surface area contributed by atoms with Gasteiger partial charge in [0.1, 0.15) is 18.1 Å². The molecule has 0 saturated carbocycles. The number of likely N-dealkylation sites (N-methyl/N-ethyl adjacent to an activating group) is 1.